The summed E-state index contributed by atoms with van der Waals surface area (Å²) < 4.78 is 5.13. The molecule has 2 aromatic heterocycles. The molecule has 0 fully saturated rings. The largest absolute Gasteiger partial charge is 0.481 e. The topological polar surface area (TPSA) is 79.5 Å². The average molecular weight is 281 g/mol. The third-order valence-electron chi connectivity index (χ3n) is 2.82. The molecule has 0 aliphatic rings. The fraction of sp³-hybridized carbons (Fsp3) is 0.417. The van der Waals surface area contributed by atoms with Gasteiger partial charge in [0.2, 0.25) is 0 Å². The Morgan fingerprint density at radius 3 is 2.84 bits per heavy atom. The van der Waals surface area contributed by atoms with Crippen molar-refractivity contribution in [2.75, 3.05) is 11.4 Å². The normalized spacial score (nSPS) is 10.6. The van der Waals surface area contributed by atoms with Crippen molar-refractivity contribution >= 4 is 22.4 Å². The Hall–Kier alpha value is -1.89. The second kappa shape index (κ2) is 5.83. The maximum atomic E-state index is 10.7. The summed E-state index contributed by atoms with van der Waals surface area (Å²) in [4.78, 5) is 16.9. The Morgan fingerprint density at radius 1 is 1.53 bits per heavy atom. The molecule has 19 heavy (non-hydrogen) atoms. The molecule has 2 aromatic rings. The van der Waals surface area contributed by atoms with Gasteiger partial charge < -0.3 is 14.5 Å². The Kier molecular flexibility index (Phi) is 4.16. The summed E-state index contributed by atoms with van der Waals surface area (Å²) in [6.45, 7) is 4.70. The zero-order chi connectivity index (χ0) is 13.8. The fourth-order valence-corrected chi connectivity index (χ4v) is 2.43. The molecule has 0 bridgehead atoms. The van der Waals surface area contributed by atoms with Crippen LogP contribution in [0.4, 0.5) is 5.13 Å². The summed E-state index contributed by atoms with van der Waals surface area (Å²) in [7, 11) is 0. The molecular formula is C12H15N3O3S. The van der Waals surface area contributed by atoms with Crippen LogP contribution in [0.25, 0.3) is 0 Å². The van der Waals surface area contributed by atoms with E-state index < -0.39 is 5.97 Å². The number of hydrogen-bond donors (Lipinski definition) is 1. The van der Waals surface area contributed by atoms with Crippen LogP contribution in [0.2, 0.25) is 0 Å². The molecule has 7 heteroatoms. The molecule has 2 heterocycles. The maximum Gasteiger partial charge on any atom is 0.305 e. The van der Waals surface area contributed by atoms with Crippen molar-refractivity contribution in [1.29, 1.82) is 0 Å². The minimum Gasteiger partial charge on any atom is -0.481 e. The molecule has 0 unspecified atom stereocenters. The summed E-state index contributed by atoms with van der Waals surface area (Å²) in [5, 5.41) is 15.4. The molecule has 6 nitrogen and oxygen atoms in total. The number of carboxylic acids is 1. The van der Waals surface area contributed by atoms with Crippen molar-refractivity contribution in [3.8, 4) is 0 Å². The first kappa shape index (κ1) is 13.5. The number of carbonyl (C=O) groups is 1. The molecule has 0 spiro atoms. The summed E-state index contributed by atoms with van der Waals surface area (Å²) in [5.41, 5.74) is 1.81. The second-order valence-electron chi connectivity index (χ2n) is 4.18. The van der Waals surface area contributed by atoms with Gasteiger partial charge in [-0.1, -0.05) is 5.16 Å². The molecule has 1 N–H and O–H groups in total. The van der Waals surface area contributed by atoms with Gasteiger partial charge in [-0.2, -0.15) is 0 Å². The molecule has 0 saturated carbocycles. The molecule has 2 rings (SSSR count). The summed E-state index contributed by atoms with van der Waals surface area (Å²) in [5.74, 6) is -0.0605. The Balaban J connectivity index is 2.16. The van der Waals surface area contributed by atoms with Crippen LogP contribution >= 0.6 is 11.3 Å². The molecule has 0 amide bonds. The number of anilines is 1. The molecule has 102 valence electrons. The lowest BCUT2D eigenvalue weighted by atomic mass is 10.2. The van der Waals surface area contributed by atoms with Gasteiger partial charge in [0, 0.05) is 23.7 Å². The molecule has 0 aliphatic heterocycles. The third-order valence-corrected chi connectivity index (χ3v) is 3.65. The van der Waals surface area contributed by atoms with E-state index in [1.807, 2.05) is 24.1 Å². The van der Waals surface area contributed by atoms with Gasteiger partial charge in [-0.3, -0.25) is 4.79 Å². The van der Waals surface area contributed by atoms with Crippen LogP contribution in [0.1, 0.15) is 23.4 Å². The smallest absolute Gasteiger partial charge is 0.305 e. The molecule has 0 aromatic carbocycles. The highest BCUT2D eigenvalue weighted by atomic mass is 32.1. The van der Waals surface area contributed by atoms with E-state index in [2.05, 4.69) is 10.1 Å². The van der Waals surface area contributed by atoms with Crippen LogP contribution in [0.15, 0.2) is 16.1 Å². The van der Waals surface area contributed by atoms with Crippen molar-refractivity contribution in [3.63, 3.8) is 0 Å². The molecule has 0 aliphatic carbocycles. The van der Waals surface area contributed by atoms with E-state index >= 15 is 0 Å². The van der Waals surface area contributed by atoms with E-state index in [9.17, 15) is 4.79 Å². The number of carboxylic acid groups (broad SMARTS) is 1. The van der Waals surface area contributed by atoms with Crippen molar-refractivity contribution in [1.82, 2.24) is 10.1 Å². The van der Waals surface area contributed by atoms with Gasteiger partial charge in [0.05, 0.1) is 18.7 Å². The van der Waals surface area contributed by atoms with Crippen molar-refractivity contribution in [3.05, 3.63) is 28.6 Å². The van der Waals surface area contributed by atoms with Crippen LogP contribution < -0.4 is 4.90 Å². The van der Waals surface area contributed by atoms with E-state index in [1.54, 1.807) is 6.20 Å². The number of aromatic nitrogens is 2. The van der Waals surface area contributed by atoms with Crippen LogP contribution in [-0.2, 0) is 11.3 Å². The molecular weight excluding hydrogens is 266 g/mol. The monoisotopic (exact) mass is 281 g/mol. The van der Waals surface area contributed by atoms with Gasteiger partial charge in [0.1, 0.15) is 5.76 Å². The van der Waals surface area contributed by atoms with E-state index in [4.69, 9.17) is 9.63 Å². The van der Waals surface area contributed by atoms with Gasteiger partial charge in [-0.05, 0) is 13.8 Å². The predicted octanol–water partition coefficient (Wildman–Crippen LogP) is 2.23. The SMILES string of the molecule is Cc1noc(C)c1CN(CCC(=O)O)c1nccs1. The third kappa shape index (κ3) is 3.31. The number of rotatable bonds is 6. The highest BCUT2D eigenvalue weighted by molar-refractivity contribution is 7.13. The average Bonchev–Trinajstić information content (AvgIpc) is 2.98. The highest BCUT2D eigenvalue weighted by Gasteiger charge is 2.16. The van der Waals surface area contributed by atoms with Crippen molar-refractivity contribution < 1.29 is 14.4 Å². The van der Waals surface area contributed by atoms with Gasteiger partial charge >= 0.3 is 5.97 Å². The zero-order valence-corrected chi connectivity index (χ0v) is 11.6. The summed E-state index contributed by atoms with van der Waals surface area (Å²) in [6, 6.07) is 0. The van der Waals surface area contributed by atoms with Crippen molar-refractivity contribution in [2.45, 2.75) is 26.8 Å². The minimum absolute atomic E-state index is 0.0724. The van der Waals surface area contributed by atoms with Gasteiger partial charge in [0.15, 0.2) is 5.13 Å². The van der Waals surface area contributed by atoms with Crippen molar-refractivity contribution in [2.24, 2.45) is 0 Å². The lowest BCUT2D eigenvalue weighted by Gasteiger charge is -2.20. The Bertz CT molecular complexity index is 531. The number of aryl methyl sites for hydroxylation is 2. The number of nitrogens with zero attached hydrogens (tertiary/aromatic N) is 3. The molecule has 0 saturated heterocycles. The van der Waals surface area contributed by atoms with Crippen LogP contribution in [0.3, 0.4) is 0 Å². The summed E-state index contributed by atoms with van der Waals surface area (Å²) >= 11 is 1.49. The minimum atomic E-state index is -0.819. The van der Waals surface area contributed by atoms with E-state index in [1.165, 1.54) is 11.3 Å². The number of aliphatic carboxylic acids is 1. The standard InChI is InChI=1S/C12H15N3O3S/c1-8-10(9(2)18-14-8)7-15(5-3-11(16)17)12-13-4-6-19-12/h4,6H,3,5,7H2,1-2H3,(H,16,17). The first-order valence-electron chi connectivity index (χ1n) is 5.86. The predicted molar refractivity (Wildman–Crippen MR) is 71.4 cm³/mol. The number of thiazole rings is 1. The van der Waals surface area contributed by atoms with E-state index in [0.29, 0.717) is 13.1 Å². The van der Waals surface area contributed by atoms with E-state index in [-0.39, 0.29) is 6.42 Å². The first-order valence-corrected chi connectivity index (χ1v) is 6.74. The molecule has 0 atom stereocenters. The van der Waals surface area contributed by atoms with Crippen LogP contribution in [0.5, 0.6) is 0 Å². The van der Waals surface area contributed by atoms with Crippen LogP contribution in [0, 0.1) is 13.8 Å². The van der Waals surface area contributed by atoms with Gasteiger partial charge in [-0.15, -0.1) is 11.3 Å². The Labute approximate surface area is 114 Å². The van der Waals surface area contributed by atoms with E-state index in [0.717, 1.165) is 22.1 Å². The molecule has 0 radical (unpaired) electrons. The lowest BCUT2D eigenvalue weighted by Crippen LogP contribution is -2.26. The highest BCUT2D eigenvalue weighted by Crippen LogP contribution is 2.23. The quantitative estimate of drug-likeness (QED) is 0.874. The first-order chi connectivity index (χ1) is 9.08. The number of hydrogen-bond acceptors (Lipinski definition) is 6. The maximum absolute atomic E-state index is 10.7. The second-order valence-corrected chi connectivity index (χ2v) is 5.06. The fourth-order valence-electron chi connectivity index (χ4n) is 1.76. The summed E-state index contributed by atoms with van der Waals surface area (Å²) in [6.07, 6.45) is 1.78. The Morgan fingerprint density at radius 2 is 2.32 bits per heavy atom. The van der Waals surface area contributed by atoms with Crippen LogP contribution in [-0.4, -0.2) is 27.8 Å². The van der Waals surface area contributed by atoms with Gasteiger partial charge in [0.25, 0.3) is 0 Å². The van der Waals surface area contributed by atoms with Gasteiger partial charge in [-0.25, -0.2) is 4.98 Å². The zero-order valence-electron chi connectivity index (χ0n) is 10.8. The lowest BCUT2D eigenvalue weighted by molar-refractivity contribution is -0.136.